The number of hydrogen-bond donors (Lipinski definition) is 5. The zero-order chi connectivity index (χ0) is 24.5. The van der Waals surface area contributed by atoms with Gasteiger partial charge in [-0.2, -0.15) is 0 Å². The summed E-state index contributed by atoms with van der Waals surface area (Å²) >= 11 is 5.96. The molecule has 0 bridgehead atoms. The second kappa shape index (κ2) is 13.3. The summed E-state index contributed by atoms with van der Waals surface area (Å²) in [6.07, 6.45) is 1.57. The van der Waals surface area contributed by atoms with Gasteiger partial charge in [0, 0.05) is 34.6 Å². The lowest BCUT2D eigenvalue weighted by atomic mass is 10.1. The highest BCUT2D eigenvalue weighted by Crippen LogP contribution is 2.19. The second-order valence-electron chi connectivity index (χ2n) is 7.29. The van der Waals surface area contributed by atoms with Gasteiger partial charge in [0.05, 0.1) is 19.7 Å². The Morgan fingerprint density at radius 2 is 1.89 bits per heavy atom. The van der Waals surface area contributed by atoms with Crippen molar-refractivity contribution in [2.45, 2.75) is 6.54 Å². The monoisotopic (exact) mass is 516 g/mol. The van der Waals surface area contributed by atoms with Crippen molar-refractivity contribution >= 4 is 53.2 Å². The van der Waals surface area contributed by atoms with Gasteiger partial charge in [-0.15, -0.1) is 12.4 Å². The zero-order valence-electron chi connectivity index (χ0n) is 18.7. The number of amidine groups is 1. The maximum atomic E-state index is 12.9. The van der Waals surface area contributed by atoms with Crippen LogP contribution in [0.1, 0.15) is 21.5 Å². The maximum absolute atomic E-state index is 12.9. The largest absolute Gasteiger partial charge is 0.395 e. The number of nitrogen functional groups attached to an aromatic ring is 1. The van der Waals surface area contributed by atoms with E-state index in [1.165, 1.54) is 4.90 Å². The quantitative estimate of drug-likeness (QED) is 0.207. The Bertz CT molecular complexity index is 1180. The number of nitrogens with zero attached hydrogens (tertiary/aromatic N) is 2. The summed E-state index contributed by atoms with van der Waals surface area (Å²) < 4.78 is 0. The Morgan fingerprint density at radius 1 is 1.09 bits per heavy atom. The molecule has 0 saturated heterocycles. The third-order valence-electron chi connectivity index (χ3n) is 4.93. The SMILES string of the molecule is Cl.N=C(N)c1ccc(CNC(=O)c2cccc(Cl)c2)c(NCC(=O)N(CCO)c2ccccn2)c1. The number of nitrogens with one attached hydrogen (secondary N) is 3. The number of carbonyl (C=O) groups is 2. The minimum absolute atomic E-state index is 0. The Labute approximate surface area is 214 Å². The Kier molecular flexibility index (Phi) is 10.5. The fourth-order valence-corrected chi connectivity index (χ4v) is 3.41. The van der Waals surface area contributed by atoms with Gasteiger partial charge in [-0.05, 0) is 42.0 Å². The summed E-state index contributed by atoms with van der Waals surface area (Å²) in [6.45, 7) is -0.0652. The lowest BCUT2D eigenvalue weighted by molar-refractivity contribution is -0.117. The molecule has 3 aromatic rings. The second-order valence-corrected chi connectivity index (χ2v) is 7.73. The molecule has 0 unspecified atom stereocenters. The minimum atomic E-state index is -0.310. The molecule has 0 spiro atoms. The van der Waals surface area contributed by atoms with E-state index in [1.807, 2.05) is 0 Å². The number of carbonyl (C=O) groups excluding carboxylic acids is 2. The van der Waals surface area contributed by atoms with E-state index in [4.69, 9.17) is 22.7 Å². The molecule has 1 heterocycles. The van der Waals surface area contributed by atoms with Crippen molar-refractivity contribution in [2.24, 2.45) is 5.73 Å². The van der Waals surface area contributed by atoms with E-state index >= 15 is 0 Å². The predicted octanol–water partition coefficient (Wildman–Crippen LogP) is 2.81. The van der Waals surface area contributed by atoms with Crippen LogP contribution >= 0.6 is 24.0 Å². The van der Waals surface area contributed by atoms with Gasteiger partial charge in [0.15, 0.2) is 0 Å². The van der Waals surface area contributed by atoms with Gasteiger partial charge in [-0.3, -0.25) is 19.9 Å². The summed E-state index contributed by atoms with van der Waals surface area (Å²) in [5.74, 6) is -0.312. The first-order chi connectivity index (χ1) is 16.4. The molecule has 0 radical (unpaired) electrons. The summed E-state index contributed by atoms with van der Waals surface area (Å²) in [5.41, 5.74) is 7.75. The fourth-order valence-electron chi connectivity index (χ4n) is 3.22. The van der Waals surface area contributed by atoms with Crippen molar-refractivity contribution in [1.29, 1.82) is 5.41 Å². The molecule has 2 amide bonds. The van der Waals surface area contributed by atoms with Crippen LogP contribution in [-0.2, 0) is 11.3 Å². The lowest BCUT2D eigenvalue weighted by Gasteiger charge is -2.22. The molecule has 9 nitrogen and oxygen atoms in total. The van der Waals surface area contributed by atoms with Crippen molar-refractivity contribution in [1.82, 2.24) is 10.3 Å². The number of aromatic nitrogens is 1. The smallest absolute Gasteiger partial charge is 0.251 e. The van der Waals surface area contributed by atoms with E-state index in [1.54, 1.807) is 66.9 Å². The molecule has 1 aromatic heterocycles. The van der Waals surface area contributed by atoms with Gasteiger partial charge < -0.3 is 21.5 Å². The zero-order valence-corrected chi connectivity index (χ0v) is 20.3. The highest BCUT2D eigenvalue weighted by Gasteiger charge is 2.17. The first kappa shape index (κ1) is 27.6. The van der Waals surface area contributed by atoms with Gasteiger partial charge in [0.2, 0.25) is 5.91 Å². The average molecular weight is 517 g/mol. The number of aliphatic hydroxyl groups excluding tert-OH is 1. The van der Waals surface area contributed by atoms with E-state index < -0.39 is 0 Å². The first-order valence-corrected chi connectivity index (χ1v) is 10.8. The number of rotatable bonds is 10. The summed E-state index contributed by atoms with van der Waals surface area (Å²) in [7, 11) is 0. The molecule has 0 aliphatic rings. The number of pyridine rings is 1. The van der Waals surface area contributed by atoms with Crippen LogP contribution in [0.2, 0.25) is 5.02 Å². The number of hydrogen-bond acceptors (Lipinski definition) is 6. The number of benzene rings is 2. The van der Waals surface area contributed by atoms with Gasteiger partial charge in [0.25, 0.3) is 5.91 Å². The molecule has 6 N–H and O–H groups in total. The van der Waals surface area contributed by atoms with Gasteiger partial charge >= 0.3 is 0 Å². The van der Waals surface area contributed by atoms with Crippen molar-refractivity contribution in [3.05, 3.63) is 88.6 Å². The summed E-state index contributed by atoms with van der Waals surface area (Å²) in [6, 6.07) is 16.8. The number of amides is 2. The van der Waals surface area contributed by atoms with Crippen molar-refractivity contribution in [3.63, 3.8) is 0 Å². The van der Waals surface area contributed by atoms with Crippen molar-refractivity contribution in [2.75, 3.05) is 29.9 Å². The number of anilines is 2. The molecule has 0 fully saturated rings. The van der Waals surface area contributed by atoms with Crippen LogP contribution in [0.5, 0.6) is 0 Å². The van der Waals surface area contributed by atoms with Crippen LogP contribution < -0.4 is 21.3 Å². The molecular weight excluding hydrogens is 491 g/mol. The molecule has 0 saturated carbocycles. The predicted molar refractivity (Wildman–Crippen MR) is 139 cm³/mol. The molecular formula is C24H26Cl2N6O3. The van der Waals surface area contributed by atoms with Crippen LogP contribution in [0.3, 0.4) is 0 Å². The van der Waals surface area contributed by atoms with Gasteiger partial charge in [-0.25, -0.2) is 4.98 Å². The Hall–Kier alpha value is -3.66. The highest BCUT2D eigenvalue weighted by atomic mass is 35.5. The number of aliphatic hydroxyl groups is 1. The number of nitrogens with two attached hydrogens (primary N) is 1. The van der Waals surface area contributed by atoms with E-state index in [0.717, 1.165) is 0 Å². The van der Waals surface area contributed by atoms with Crippen LogP contribution in [0, 0.1) is 5.41 Å². The van der Waals surface area contributed by atoms with Crippen LogP contribution in [0.4, 0.5) is 11.5 Å². The van der Waals surface area contributed by atoms with Crippen LogP contribution in [0.25, 0.3) is 0 Å². The van der Waals surface area contributed by atoms with Crippen molar-refractivity contribution < 1.29 is 14.7 Å². The van der Waals surface area contributed by atoms with Crippen molar-refractivity contribution in [3.8, 4) is 0 Å². The topological polar surface area (TPSA) is 144 Å². The molecule has 0 aliphatic heterocycles. The standard InChI is InChI=1S/C24H25ClN6O3.ClH/c25-19-5-3-4-17(12-19)24(34)30-14-18-8-7-16(23(26)27)13-20(18)29-15-22(33)31(10-11-32)21-6-1-2-9-28-21;/h1-9,12-13,29,32H,10-11,14-15H2,(H3,26,27)(H,30,34);1H. The molecule has 2 aromatic carbocycles. The van der Waals surface area contributed by atoms with E-state index in [-0.39, 0.29) is 56.3 Å². The van der Waals surface area contributed by atoms with E-state index in [2.05, 4.69) is 15.6 Å². The molecule has 0 atom stereocenters. The third kappa shape index (κ3) is 7.68. The van der Waals surface area contributed by atoms with Gasteiger partial charge in [-0.1, -0.05) is 35.9 Å². The van der Waals surface area contributed by atoms with Gasteiger partial charge in [0.1, 0.15) is 11.7 Å². The average Bonchev–Trinajstić information content (AvgIpc) is 2.85. The summed E-state index contributed by atoms with van der Waals surface area (Å²) in [5, 5.41) is 23.4. The Morgan fingerprint density at radius 3 is 2.54 bits per heavy atom. The van der Waals surface area contributed by atoms with E-state index in [9.17, 15) is 14.7 Å². The van der Waals surface area contributed by atoms with Crippen LogP contribution in [0.15, 0.2) is 66.9 Å². The molecule has 11 heteroatoms. The third-order valence-corrected chi connectivity index (χ3v) is 5.16. The highest BCUT2D eigenvalue weighted by molar-refractivity contribution is 6.30. The lowest BCUT2D eigenvalue weighted by Crippen LogP contribution is -2.38. The molecule has 184 valence electrons. The molecule has 35 heavy (non-hydrogen) atoms. The minimum Gasteiger partial charge on any atom is -0.395 e. The van der Waals surface area contributed by atoms with Crippen LogP contribution in [-0.4, -0.2) is 47.4 Å². The Balaban J connectivity index is 0.00000432. The molecule has 0 aliphatic carbocycles. The fraction of sp³-hybridized carbons (Fsp3) is 0.167. The number of halogens is 2. The molecule has 3 rings (SSSR count). The summed E-state index contributed by atoms with van der Waals surface area (Å²) in [4.78, 5) is 30.9. The normalized spacial score (nSPS) is 10.1. The maximum Gasteiger partial charge on any atom is 0.251 e. The van der Waals surface area contributed by atoms with E-state index in [0.29, 0.717) is 33.2 Å². The first-order valence-electron chi connectivity index (χ1n) is 10.5.